The van der Waals surface area contributed by atoms with Gasteiger partial charge < -0.3 is 9.84 Å². The highest BCUT2D eigenvalue weighted by Crippen LogP contribution is 2.44. The van der Waals surface area contributed by atoms with Gasteiger partial charge in [-0.25, -0.2) is 4.98 Å². The topological polar surface area (TPSA) is 79.7 Å². The zero-order valence-electron chi connectivity index (χ0n) is 18.4. The summed E-state index contributed by atoms with van der Waals surface area (Å²) < 4.78 is 6.38. The molecule has 1 saturated heterocycles. The molecule has 35 heavy (non-hydrogen) atoms. The standard InChI is InChI=1S/C26H18Cl2N2O4S/c1-2-34-18-11-12-19-20(13-18)35-26(29-19)30-22(14-3-7-16(27)8-4-14)21(24(32)25(30)33)23(31)15-5-9-17(28)10-6-15/h3-13,22,31H,2H2,1H3/t22-/m0/s1. The van der Waals surface area contributed by atoms with Crippen LogP contribution in [-0.2, 0) is 9.59 Å². The van der Waals surface area contributed by atoms with Gasteiger partial charge in [-0.2, -0.15) is 0 Å². The van der Waals surface area contributed by atoms with Crippen molar-refractivity contribution < 1.29 is 19.4 Å². The van der Waals surface area contributed by atoms with Crippen LogP contribution in [0.1, 0.15) is 24.1 Å². The van der Waals surface area contributed by atoms with E-state index in [0.717, 1.165) is 4.70 Å². The van der Waals surface area contributed by atoms with Crippen molar-refractivity contribution in [2.24, 2.45) is 0 Å². The Balaban J connectivity index is 1.69. The van der Waals surface area contributed by atoms with Gasteiger partial charge in [-0.1, -0.05) is 46.7 Å². The van der Waals surface area contributed by atoms with E-state index in [1.807, 2.05) is 19.1 Å². The number of ketones is 1. The number of aliphatic hydroxyl groups is 1. The van der Waals surface area contributed by atoms with Crippen LogP contribution in [0.3, 0.4) is 0 Å². The molecule has 2 heterocycles. The maximum atomic E-state index is 13.3. The van der Waals surface area contributed by atoms with Crippen molar-refractivity contribution in [1.29, 1.82) is 0 Å². The SMILES string of the molecule is CCOc1ccc2nc(N3C(=O)C(=O)C(=C(O)c4ccc(Cl)cc4)[C@@H]3c3ccc(Cl)cc3)sc2c1. The second-order valence-electron chi connectivity index (χ2n) is 7.79. The number of thiazole rings is 1. The van der Waals surface area contributed by atoms with E-state index in [1.165, 1.54) is 16.2 Å². The van der Waals surface area contributed by atoms with Crippen LogP contribution in [0.25, 0.3) is 16.0 Å². The van der Waals surface area contributed by atoms with Crippen molar-refractivity contribution in [1.82, 2.24) is 4.98 Å². The highest BCUT2D eigenvalue weighted by atomic mass is 35.5. The first-order valence-corrected chi connectivity index (χ1v) is 12.3. The molecule has 0 aliphatic carbocycles. The quantitative estimate of drug-likeness (QED) is 0.180. The van der Waals surface area contributed by atoms with Crippen molar-refractivity contribution in [2.75, 3.05) is 11.5 Å². The number of Topliss-reactive ketones (excluding diaryl/α,β-unsaturated/α-hetero) is 1. The molecule has 4 aromatic rings. The number of carbonyl (C=O) groups excluding carboxylic acids is 2. The molecule has 1 aromatic heterocycles. The number of benzene rings is 3. The van der Waals surface area contributed by atoms with Gasteiger partial charge in [-0.3, -0.25) is 14.5 Å². The molecule has 0 bridgehead atoms. The van der Waals surface area contributed by atoms with Gasteiger partial charge in [0.2, 0.25) is 0 Å². The van der Waals surface area contributed by atoms with E-state index in [2.05, 4.69) is 4.98 Å². The van der Waals surface area contributed by atoms with E-state index in [9.17, 15) is 14.7 Å². The van der Waals surface area contributed by atoms with Gasteiger partial charge in [-0.05, 0) is 67.1 Å². The largest absolute Gasteiger partial charge is 0.507 e. The summed E-state index contributed by atoms with van der Waals surface area (Å²) in [5.41, 5.74) is 1.62. The molecule has 1 aliphatic heterocycles. The number of anilines is 1. The fraction of sp³-hybridized carbons (Fsp3) is 0.115. The molecule has 1 fully saturated rings. The molecule has 1 atom stereocenters. The maximum absolute atomic E-state index is 13.3. The second kappa shape index (κ2) is 9.34. The lowest BCUT2D eigenvalue weighted by molar-refractivity contribution is -0.132. The molecule has 0 unspecified atom stereocenters. The highest BCUT2D eigenvalue weighted by molar-refractivity contribution is 7.22. The van der Waals surface area contributed by atoms with E-state index >= 15 is 0 Å². The van der Waals surface area contributed by atoms with Crippen LogP contribution < -0.4 is 9.64 Å². The zero-order valence-corrected chi connectivity index (χ0v) is 20.7. The maximum Gasteiger partial charge on any atom is 0.301 e. The number of carbonyl (C=O) groups is 2. The number of aromatic nitrogens is 1. The van der Waals surface area contributed by atoms with Crippen LogP contribution in [0.5, 0.6) is 5.75 Å². The zero-order chi connectivity index (χ0) is 24.7. The molecule has 0 radical (unpaired) electrons. The number of aliphatic hydroxyl groups excluding tert-OH is 1. The summed E-state index contributed by atoms with van der Waals surface area (Å²) in [6.45, 7) is 2.42. The van der Waals surface area contributed by atoms with Gasteiger partial charge in [0.25, 0.3) is 5.78 Å². The average Bonchev–Trinajstić information content (AvgIpc) is 3.38. The predicted octanol–water partition coefficient (Wildman–Crippen LogP) is 6.63. The molecular weight excluding hydrogens is 507 g/mol. The van der Waals surface area contributed by atoms with E-state index in [4.69, 9.17) is 27.9 Å². The molecule has 6 nitrogen and oxygen atoms in total. The Hall–Kier alpha value is -3.39. The number of nitrogens with zero attached hydrogens (tertiary/aromatic N) is 2. The highest BCUT2D eigenvalue weighted by Gasteiger charge is 2.48. The smallest absolute Gasteiger partial charge is 0.301 e. The Kier molecular flexibility index (Phi) is 6.23. The molecule has 176 valence electrons. The van der Waals surface area contributed by atoms with Crippen LogP contribution in [0.15, 0.2) is 72.3 Å². The van der Waals surface area contributed by atoms with Crippen LogP contribution in [0.2, 0.25) is 10.0 Å². The molecular formula is C26H18Cl2N2O4S. The fourth-order valence-electron chi connectivity index (χ4n) is 4.01. The Bertz CT molecular complexity index is 1480. The first-order valence-electron chi connectivity index (χ1n) is 10.7. The van der Waals surface area contributed by atoms with Gasteiger partial charge in [0.1, 0.15) is 11.5 Å². The molecule has 9 heteroatoms. The van der Waals surface area contributed by atoms with E-state index in [0.29, 0.717) is 44.2 Å². The van der Waals surface area contributed by atoms with Gasteiger partial charge in [-0.15, -0.1) is 0 Å². The van der Waals surface area contributed by atoms with Gasteiger partial charge in [0.05, 0.1) is 28.4 Å². The third-order valence-corrected chi connectivity index (χ3v) is 7.13. The summed E-state index contributed by atoms with van der Waals surface area (Å²) in [5, 5.41) is 12.5. The molecule has 3 aromatic carbocycles. The third-order valence-electron chi connectivity index (χ3n) is 5.61. The van der Waals surface area contributed by atoms with Gasteiger partial charge in [0.15, 0.2) is 5.13 Å². The lowest BCUT2D eigenvalue weighted by Crippen LogP contribution is -2.29. The molecule has 1 N–H and O–H groups in total. The summed E-state index contributed by atoms with van der Waals surface area (Å²) in [5.74, 6) is -1.17. The van der Waals surface area contributed by atoms with Crippen molar-refractivity contribution in [2.45, 2.75) is 13.0 Å². The van der Waals surface area contributed by atoms with Crippen LogP contribution in [-0.4, -0.2) is 28.4 Å². The molecule has 1 aliphatic rings. The number of hydrogen-bond acceptors (Lipinski definition) is 6. The third kappa shape index (κ3) is 4.27. The summed E-state index contributed by atoms with van der Waals surface area (Å²) in [6, 6.07) is 17.8. The number of amides is 1. The van der Waals surface area contributed by atoms with Crippen molar-refractivity contribution >= 4 is 67.3 Å². The van der Waals surface area contributed by atoms with Crippen LogP contribution >= 0.6 is 34.5 Å². The van der Waals surface area contributed by atoms with E-state index in [1.54, 1.807) is 54.6 Å². The minimum absolute atomic E-state index is 0.0334. The first-order chi connectivity index (χ1) is 16.9. The Morgan fingerprint density at radius 1 is 1.03 bits per heavy atom. The Morgan fingerprint density at radius 3 is 2.34 bits per heavy atom. The van der Waals surface area contributed by atoms with Crippen LogP contribution in [0.4, 0.5) is 5.13 Å². The summed E-state index contributed by atoms with van der Waals surface area (Å²) in [7, 11) is 0. The van der Waals surface area contributed by atoms with E-state index in [-0.39, 0.29) is 11.3 Å². The number of rotatable bonds is 5. The van der Waals surface area contributed by atoms with E-state index < -0.39 is 17.7 Å². The molecule has 0 spiro atoms. The predicted molar refractivity (Wildman–Crippen MR) is 138 cm³/mol. The van der Waals surface area contributed by atoms with Gasteiger partial charge >= 0.3 is 5.91 Å². The van der Waals surface area contributed by atoms with Crippen molar-refractivity contribution in [3.63, 3.8) is 0 Å². The lowest BCUT2D eigenvalue weighted by Gasteiger charge is -2.23. The summed E-state index contributed by atoms with van der Waals surface area (Å²) in [6.07, 6.45) is 0. The minimum Gasteiger partial charge on any atom is -0.507 e. The van der Waals surface area contributed by atoms with Gasteiger partial charge in [0, 0.05) is 15.6 Å². The molecule has 0 saturated carbocycles. The van der Waals surface area contributed by atoms with Crippen molar-refractivity contribution in [3.05, 3.63) is 93.5 Å². The summed E-state index contributed by atoms with van der Waals surface area (Å²) in [4.78, 5) is 32.6. The van der Waals surface area contributed by atoms with Crippen molar-refractivity contribution in [3.8, 4) is 5.75 Å². The lowest BCUT2D eigenvalue weighted by atomic mass is 9.95. The summed E-state index contributed by atoms with van der Waals surface area (Å²) >= 11 is 13.3. The normalized spacial score (nSPS) is 17.3. The average molecular weight is 525 g/mol. The Morgan fingerprint density at radius 2 is 1.69 bits per heavy atom. The Labute approximate surface area is 215 Å². The number of fused-ring (bicyclic) bond motifs is 1. The molecule has 1 amide bonds. The number of ether oxygens (including phenoxy) is 1. The van der Waals surface area contributed by atoms with Crippen LogP contribution in [0, 0.1) is 0 Å². The number of halogens is 2. The fourth-order valence-corrected chi connectivity index (χ4v) is 5.28. The monoisotopic (exact) mass is 524 g/mol. The minimum atomic E-state index is -0.894. The second-order valence-corrected chi connectivity index (χ2v) is 9.67. The number of hydrogen-bond donors (Lipinski definition) is 1. The first kappa shape index (κ1) is 23.4. The molecule has 5 rings (SSSR count).